The van der Waals surface area contributed by atoms with Crippen molar-refractivity contribution in [1.82, 2.24) is 0 Å². The highest BCUT2D eigenvalue weighted by Crippen LogP contribution is 2.66. The molecule has 0 saturated carbocycles. The summed E-state index contributed by atoms with van der Waals surface area (Å²) in [6.07, 6.45) is 23.1. The van der Waals surface area contributed by atoms with E-state index >= 15 is 0 Å². The Kier molecular flexibility index (Phi) is 7.38. The Labute approximate surface area is 370 Å². The molecule has 0 aliphatic heterocycles. The molecule has 2 spiro atoms. The minimum atomic E-state index is -0.428. The summed E-state index contributed by atoms with van der Waals surface area (Å²) in [6, 6.07) is 60.9. The van der Waals surface area contributed by atoms with E-state index in [1.165, 1.54) is 117 Å². The molecule has 1 nitrogen and oxygen atoms in total. The monoisotopic (exact) mass is 803 g/mol. The Hall–Kier alpha value is -7.22. The summed E-state index contributed by atoms with van der Waals surface area (Å²) in [5.74, 6) is 0. The van der Waals surface area contributed by atoms with Gasteiger partial charge in [0.2, 0.25) is 0 Å². The van der Waals surface area contributed by atoms with E-state index in [-0.39, 0.29) is 5.41 Å². The third kappa shape index (κ3) is 4.57. The van der Waals surface area contributed by atoms with Crippen LogP contribution >= 0.6 is 0 Å². The molecule has 0 fully saturated rings. The fourth-order valence-electron chi connectivity index (χ4n) is 13.1. The summed E-state index contributed by atoms with van der Waals surface area (Å²) in [4.78, 5) is 2.57. The highest BCUT2D eigenvalue weighted by molar-refractivity contribution is 5.99. The zero-order valence-electron chi connectivity index (χ0n) is 35.2. The lowest BCUT2D eigenvalue weighted by Crippen LogP contribution is -2.28. The number of fused-ring (bicyclic) bond motifs is 18. The number of anilines is 3. The van der Waals surface area contributed by atoms with E-state index in [2.05, 4.69) is 205 Å². The number of allylic oxidation sites excluding steroid dienone is 12. The third-order valence-corrected chi connectivity index (χ3v) is 15.5. The van der Waals surface area contributed by atoms with Gasteiger partial charge in [-0.2, -0.15) is 0 Å². The maximum absolute atomic E-state index is 2.59. The average molecular weight is 804 g/mol. The number of nitrogens with zero attached hydrogens (tertiary/aromatic N) is 1. The maximum Gasteiger partial charge on any atom is 0.0726 e. The van der Waals surface area contributed by atoms with Crippen LogP contribution in [-0.4, -0.2) is 0 Å². The Morgan fingerprint density at radius 2 is 0.841 bits per heavy atom. The maximum atomic E-state index is 2.59. The van der Waals surface area contributed by atoms with Gasteiger partial charge < -0.3 is 4.90 Å². The molecule has 298 valence electrons. The molecule has 0 heterocycles. The van der Waals surface area contributed by atoms with Crippen LogP contribution in [0.5, 0.6) is 0 Å². The molecule has 7 aromatic rings. The van der Waals surface area contributed by atoms with Crippen LogP contribution in [0.15, 0.2) is 211 Å². The number of rotatable bonds is 4. The van der Waals surface area contributed by atoms with Gasteiger partial charge in [0.15, 0.2) is 0 Å². The molecule has 0 N–H and O–H groups in total. The molecule has 0 amide bonds. The number of benzene rings is 7. The zero-order valence-corrected chi connectivity index (χ0v) is 35.2. The molecular formula is C62H45N. The molecular weight excluding hydrogens is 759 g/mol. The first-order chi connectivity index (χ1) is 31.3. The molecule has 0 saturated heterocycles. The molecule has 0 radical (unpaired) electrons. The Morgan fingerprint density at radius 3 is 1.43 bits per heavy atom. The standard InChI is InChI=1S/C62H45N/c1-2-17-40(18-3-1)41-19-16-20-42(37-41)63(43-33-35-51-49-25-8-14-31-57(49)61(59(51)38-43)53-27-10-4-21-45(53)46-22-5-11-28-54(46)61)44-34-36-52-50-26-9-15-32-58(50)62(60(52)39-44)55-29-12-6-23-47(55)48-24-7-13-30-56(48)62/h1-2,4-6,8,10-17,19-23,25,27-39H,3,7,9,18,24,26H2. The number of hydrogen-bond donors (Lipinski definition) is 0. The normalized spacial score (nSPS) is 19.7. The van der Waals surface area contributed by atoms with Gasteiger partial charge in [-0.25, -0.2) is 0 Å². The number of hydrogen-bond acceptors (Lipinski definition) is 1. The van der Waals surface area contributed by atoms with E-state index in [0.717, 1.165) is 38.5 Å². The molecule has 0 bridgehead atoms. The Morgan fingerprint density at radius 1 is 0.365 bits per heavy atom. The van der Waals surface area contributed by atoms with Gasteiger partial charge in [0.1, 0.15) is 0 Å². The highest BCUT2D eigenvalue weighted by Gasteiger charge is 2.54. The van der Waals surface area contributed by atoms with Crippen LogP contribution in [0.1, 0.15) is 88.6 Å². The van der Waals surface area contributed by atoms with Crippen LogP contribution in [0.3, 0.4) is 0 Å². The topological polar surface area (TPSA) is 3.24 Å². The van der Waals surface area contributed by atoms with Crippen molar-refractivity contribution in [1.29, 1.82) is 0 Å². The van der Waals surface area contributed by atoms with Crippen molar-refractivity contribution in [3.8, 4) is 22.3 Å². The van der Waals surface area contributed by atoms with Gasteiger partial charge in [0, 0.05) is 17.1 Å². The summed E-state index contributed by atoms with van der Waals surface area (Å²) < 4.78 is 0. The molecule has 7 aliphatic carbocycles. The Balaban J connectivity index is 1.04. The van der Waals surface area contributed by atoms with E-state index in [1.54, 1.807) is 0 Å². The predicted molar refractivity (Wildman–Crippen MR) is 262 cm³/mol. The van der Waals surface area contributed by atoms with Crippen LogP contribution < -0.4 is 4.90 Å². The van der Waals surface area contributed by atoms with Crippen molar-refractivity contribution >= 4 is 33.8 Å². The van der Waals surface area contributed by atoms with Gasteiger partial charge in [-0.3, -0.25) is 0 Å². The van der Waals surface area contributed by atoms with Crippen molar-refractivity contribution in [3.63, 3.8) is 0 Å². The first-order valence-corrected chi connectivity index (χ1v) is 23.0. The van der Waals surface area contributed by atoms with Crippen molar-refractivity contribution in [2.45, 2.75) is 49.4 Å². The summed E-state index contributed by atoms with van der Waals surface area (Å²) >= 11 is 0. The summed E-state index contributed by atoms with van der Waals surface area (Å²) in [5, 5.41) is 0. The predicted octanol–water partition coefficient (Wildman–Crippen LogP) is 15.8. The molecule has 1 atom stereocenters. The minimum absolute atomic E-state index is 0.339. The van der Waals surface area contributed by atoms with Gasteiger partial charge in [-0.15, -0.1) is 0 Å². The van der Waals surface area contributed by atoms with E-state index in [4.69, 9.17) is 0 Å². The van der Waals surface area contributed by atoms with Crippen molar-refractivity contribution < 1.29 is 0 Å². The quantitative estimate of drug-likeness (QED) is 0.171. The summed E-state index contributed by atoms with van der Waals surface area (Å²) in [6.45, 7) is 0. The molecule has 1 heteroatoms. The van der Waals surface area contributed by atoms with Crippen LogP contribution in [-0.2, 0) is 10.8 Å². The molecule has 63 heavy (non-hydrogen) atoms. The summed E-state index contributed by atoms with van der Waals surface area (Å²) in [5.41, 5.74) is 27.9. The van der Waals surface area contributed by atoms with Gasteiger partial charge in [-0.05, 0) is 175 Å². The third-order valence-electron chi connectivity index (χ3n) is 15.5. The fraction of sp³-hybridized carbons (Fsp3) is 0.129. The smallest absolute Gasteiger partial charge is 0.0726 e. The van der Waals surface area contributed by atoms with Crippen molar-refractivity contribution in [2.24, 2.45) is 0 Å². The Bertz CT molecular complexity index is 3280. The second-order valence-electron chi connectivity index (χ2n) is 18.4. The average Bonchev–Trinajstić information content (AvgIpc) is 4.03. The van der Waals surface area contributed by atoms with Crippen molar-refractivity contribution in [2.75, 3.05) is 4.90 Å². The largest absolute Gasteiger partial charge is 0.310 e. The fourth-order valence-corrected chi connectivity index (χ4v) is 13.1. The van der Waals surface area contributed by atoms with Gasteiger partial charge in [0.05, 0.1) is 10.8 Å². The first kappa shape index (κ1) is 35.4. The lowest BCUT2D eigenvalue weighted by Gasteiger charge is -2.35. The lowest BCUT2D eigenvalue weighted by molar-refractivity contribution is 0.768. The SMILES string of the molecule is C1=CCCC(c2cccc(N(c3ccc4c(c3)C3(C5=C(CCC=C5)c5ccccc53)C3=C4CCC=C3)c3ccc4c(c3)C3(c5ccccc5-c5ccccc53)c3ccccc3-4)c2)=C1. The van der Waals surface area contributed by atoms with Crippen LogP contribution in [0, 0.1) is 0 Å². The molecule has 7 aromatic carbocycles. The molecule has 7 aliphatic rings. The van der Waals surface area contributed by atoms with Gasteiger partial charge in [0.25, 0.3) is 0 Å². The van der Waals surface area contributed by atoms with Crippen LogP contribution in [0.4, 0.5) is 17.1 Å². The van der Waals surface area contributed by atoms with E-state index in [0.29, 0.717) is 0 Å². The summed E-state index contributed by atoms with van der Waals surface area (Å²) in [7, 11) is 0. The highest BCUT2D eigenvalue weighted by atomic mass is 15.1. The zero-order chi connectivity index (χ0) is 41.3. The minimum Gasteiger partial charge on any atom is -0.310 e. The molecule has 14 rings (SSSR count). The van der Waals surface area contributed by atoms with Crippen LogP contribution in [0.2, 0.25) is 0 Å². The second kappa shape index (κ2) is 13.1. The molecule has 1 unspecified atom stereocenters. The first-order valence-electron chi connectivity index (χ1n) is 23.0. The van der Waals surface area contributed by atoms with Crippen molar-refractivity contribution in [3.05, 3.63) is 261 Å². The second-order valence-corrected chi connectivity index (χ2v) is 18.4. The van der Waals surface area contributed by atoms with E-state index in [1.807, 2.05) is 0 Å². The van der Waals surface area contributed by atoms with Crippen LogP contribution in [0.25, 0.3) is 39.0 Å². The molecule has 0 aromatic heterocycles. The lowest BCUT2D eigenvalue weighted by atomic mass is 9.67. The van der Waals surface area contributed by atoms with E-state index in [9.17, 15) is 0 Å². The van der Waals surface area contributed by atoms with Gasteiger partial charge in [-0.1, -0.05) is 164 Å². The van der Waals surface area contributed by atoms with Gasteiger partial charge >= 0.3 is 0 Å². The van der Waals surface area contributed by atoms with E-state index < -0.39 is 5.41 Å².